The number of likely N-dealkylation sites (N-methyl/N-ethyl adjacent to an activating group) is 1. The van der Waals surface area contributed by atoms with Crippen LogP contribution in [0.5, 0.6) is 0 Å². The standard InChI is InChI=1S/C24H26N2O4S/c1-25(13-12-20-8-4-7-19-6-2-3-11-23(19)20)24(27)21-9-5-10-22(18-21)31(28,29)26-14-16-30-17-15-26/h2-11,18H,12-17H2,1H3. The van der Waals surface area contributed by atoms with Crippen LogP contribution in [0.1, 0.15) is 15.9 Å². The Balaban J connectivity index is 1.48. The van der Waals surface area contributed by atoms with Crippen LogP contribution in [-0.4, -0.2) is 63.4 Å². The summed E-state index contributed by atoms with van der Waals surface area (Å²) in [6.45, 7) is 1.95. The maximum atomic E-state index is 13.0. The largest absolute Gasteiger partial charge is 0.379 e. The molecule has 162 valence electrons. The molecule has 1 heterocycles. The van der Waals surface area contributed by atoms with Gasteiger partial charge < -0.3 is 9.64 Å². The highest BCUT2D eigenvalue weighted by Gasteiger charge is 2.27. The van der Waals surface area contributed by atoms with Gasteiger partial charge in [0.2, 0.25) is 10.0 Å². The summed E-state index contributed by atoms with van der Waals surface area (Å²) in [5.74, 6) is -0.195. The summed E-state index contributed by atoms with van der Waals surface area (Å²) in [5, 5.41) is 2.36. The van der Waals surface area contributed by atoms with Crippen molar-refractivity contribution in [2.24, 2.45) is 0 Å². The Morgan fingerprint density at radius 3 is 2.52 bits per heavy atom. The third-order valence-electron chi connectivity index (χ3n) is 5.63. The zero-order valence-electron chi connectivity index (χ0n) is 17.5. The Bertz CT molecular complexity index is 1180. The Hall–Kier alpha value is -2.74. The number of amides is 1. The zero-order valence-corrected chi connectivity index (χ0v) is 18.3. The van der Waals surface area contributed by atoms with E-state index in [1.165, 1.54) is 32.8 Å². The van der Waals surface area contributed by atoms with E-state index >= 15 is 0 Å². The number of hydrogen-bond donors (Lipinski definition) is 0. The van der Waals surface area contributed by atoms with Crippen LogP contribution in [0.3, 0.4) is 0 Å². The second-order valence-corrected chi connectivity index (χ2v) is 9.60. The molecule has 1 aliphatic rings. The van der Waals surface area contributed by atoms with Crippen LogP contribution < -0.4 is 0 Å². The first-order valence-electron chi connectivity index (χ1n) is 10.4. The average Bonchev–Trinajstić information content (AvgIpc) is 2.82. The Kier molecular flexibility index (Phi) is 6.36. The minimum atomic E-state index is -3.64. The van der Waals surface area contributed by atoms with Gasteiger partial charge in [0.1, 0.15) is 0 Å². The van der Waals surface area contributed by atoms with E-state index in [1.54, 1.807) is 24.1 Å². The molecule has 0 aromatic heterocycles. The van der Waals surface area contributed by atoms with Crippen molar-refractivity contribution in [3.05, 3.63) is 77.9 Å². The number of nitrogens with zero attached hydrogens (tertiary/aromatic N) is 2. The number of morpholine rings is 1. The summed E-state index contributed by atoms with van der Waals surface area (Å²) in [6.07, 6.45) is 0.718. The maximum Gasteiger partial charge on any atom is 0.253 e. The molecule has 0 atom stereocenters. The molecule has 3 aromatic carbocycles. The predicted octanol–water partition coefficient (Wildman–Crippen LogP) is 3.18. The van der Waals surface area contributed by atoms with Gasteiger partial charge in [0.05, 0.1) is 18.1 Å². The van der Waals surface area contributed by atoms with Crippen LogP contribution in [0.15, 0.2) is 71.6 Å². The van der Waals surface area contributed by atoms with Crippen LogP contribution in [0.2, 0.25) is 0 Å². The number of sulfonamides is 1. The third-order valence-corrected chi connectivity index (χ3v) is 7.53. The minimum absolute atomic E-state index is 0.141. The molecule has 0 radical (unpaired) electrons. The summed E-state index contributed by atoms with van der Waals surface area (Å²) in [5.41, 5.74) is 1.55. The lowest BCUT2D eigenvalue weighted by Gasteiger charge is -2.26. The highest BCUT2D eigenvalue weighted by molar-refractivity contribution is 7.89. The first-order chi connectivity index (χ1) is 15.0. The molecule has 1 aliphatic heterocycles. The third kappa shape index (κ3) is 4.63. The number of ether oxygens (including phenoxy) is 1. The van der Waals surface area contributed by atoms with Crippen LogP contribution >= 0.6 is 0 Å². The molecule has 0 spiro atoms. The van der Waals surface area contributed by atoms with Gasteiger partial charge in [-0.05, 0) is 41.0 Å². The van der Waals surface area contributed by atoms with Crippen molar-refractivity contribution in [2.75, 3.05) is 39.9 Å². The molecule has 6 nitrogen and oxygen atoms in total. The van der Waals surface area contributed by atoms with E-state index < -0.39 is 10.0 Å². The van der Waals surface area contributed by atoms with Gasteiger partial charge in [-0.3, -0.25) is 4.79 Å². The number of carbonyl (C=O) groups is 1. The Labute approximate surface area is 183 Å². The SMILES string of the molecule is CN(CCc1cccc2ccccc12)C(=O)c1cccc(S(=O)(=O)N2CCOCC2)c1. The first kappa shape index (κ1) is 21.5. The first-order valence-corrected chi connectivity index (χ1v) is 11.8. The van der Waals surface area contributed by atoms with E-state index in [4.69, 9.17) is 4.74 Å². The fourth-order valence-corrected chi connectivity index (χ4v) is 5.30. The number of fused-ring (bicyclic) bond motifs is 1. The zero-order chi connectivity index (χ0) is 21.8. The van der Waals surface area contributed by atoms with Crippen molar-refractivity contribution in [3.8, 4) is 0 Å². The highest BCUT2D eigenvalue weighted by atomic mass is 32.2. The van der Waals surface area contributed by atoms with E-state index in [0.717, 1.165) is 6.42 Å². The van der Waals surface area contributed by atoms with Gasteiger partial charge in [-0.1, -0.05) is 48.5 Å². The van der Waals surface area contributed by atoms with Gasteiger partial charge in [0.15, 0.2) is 0 Å². The monoisotopic (exact) mass is 438 g/mol. The normalized spacial score (nSPS) is 15.1. The molecule has 1 saturated heterocycles. The van der Waals surface area contributed by atoms with Gasteiger partial charge in [-0.15, -0.1) is 0 Å². The van der Waals surface area contributed by atoms with E-state index in [1.807, 2.05) is 18.2 Å². The highest BCUT2D eigenvalue weighted by Crippen LogP contribution is 2.21. The smallest absolute Gasteiger partial charge is 0.253 e. The summed E-state index contributed by atoms with van der Waals surface area (Å²) in [6, 6.07) is 20.7. The van der Waals surface area contributed by atoms with Gasteiger partial charge in [-0.25, -0.2) is 8.42 Å². The lowest BCUT2D eigenvalue weighted by molar-refractivity contribution is 0.0730. The summed E-state index contributed by atoms with van der Waals surface area (Å²) in [7, 11) is -1.89. The molecule has 3 aromatic rings. The number of benzene rings is 3. The van der Waals surface area contributed by atoms with Crippen molar-refractivity contribution in [1.29, 1.82) is 0 Å². The van der Waals surface area contributed by atoms with Gasteiger partial charge in [0, 0.05) is 32.2 Å². The van der Waals surface area contributed by atoms with E-state index in [0.29, 0.717) is 38.4 Å². The van der Waals surface area contributed by atoms with Gasteiger partial charge >= 0.3 is 0 Å². The van der Waals surface area contributed by atoms with Crippen molar-refractivity contribution < 1.29 is 17.9 Å². The Morgan fingerprint density at radius 2 is 1.71 bits per heavy atom. The van der Waals surface area contributed by atoms with Crippen molar-refractivity contribution in [3.63, 3.8) is 0 Å². The molecule has 7 heteroatoms. The number of rotatable bonds is 6. The van der Waals surface area contributed by atoms with Crippen molar-refractivity contribution in [1.82, 2.24) is 9.21 Å². The molecular formula is C24H26N2O4S. The molecule has 1 fully saturated rings. The molecule has 0 unspecified atom stereocenters. The van der Waals surface area contributed by atoms with E-state index in [9.17, 15) is 13.2 Å². The minimum Gasteiger partial charge on any atom is -0.379 e. The topological polar surface area (TPSA) is 66.9 Å². The van der Waals surface area contributed by atoms with Crippen LogP contribution in [0, 0.1) is 0 Å². The molecule has 0 saturated carbocycles. The molecule has 1 amide bonds. The molecule has 4 rings (SSSR count). The molecule has 0 aliphatic carbocycles. The molecule has 31 heavy (non-hydrogen) atoms. The predicted molar refractivity (Wildman–Crippen MR) is 121 cm³/mol. The van der Waals surface area contributed by atoms with E-state index in [2.05, 4.69) is 24.3 Å². The van der Waals surface area contributed by atoms with E-state index in [-0.39, 0.29) is 10.8 Å². The lowest BCUT2D eigenvalue weighted by atomic mass is 10.0. The Morgan fingerprint density at radius 1 is 1.00 bits per heavy atom. The quantitative estimate of drug-likeness (QED) is 0.593. The average molecular weight is 439 g/mol. The maximum absolute atomic E-state index is 13.0. The van der Waals surface area contributed by atoms with Crippen LogP contribution in [0.4, 0.5) is 0 Å². The fraction of sp³-hybridized carbons (Fsp3) is 0.292. The molecule has 0 N–H and O–H groups in total. The molecule has 0 bridgehead atoms. The van der Waals surface area contributed by atoms with Crippen LogP contribution in [-0.2, 0) is 21.2 Å². The number of hydrogen-bond acceptors (Lipinski definition) is 4. The summed E-state index contributed by atoms with van der Waals surface area (Å²) < 4.78 is 32.5. The second-order valence-electron chi connectivity index (χ2n) is 7.66. The summed E-state index contributed by atoms with van der Waals surface area (Å²) >= 11 is 0. The van der Waals surface area contributed by atoms with Crippen molar-refractivity contribution >= 4 is 26.7 Å². The van der Waals surface area contributed by atoms with Crippen molar-refractivity contribution in [2.45, 2.75) is 11.3 Å². The van der Waals surface area contributed by atoms with Gasteiger partial charge in [0.25, 0.3) is 5.91 Å². The van der Waals surface area contributed by atoms with Gasteiger partial charge in [-0.2, -0.15) is 4.31 Å². The lowest BCUT2D eigenvalue weighted by Crippen LogP contribution is -2.40. The number of carbonyl (C=O) groups excluding carboxylic acids is 1. The second kappa shape index (κ2) is 9.18. The summed E-state index contributed by atoms with van der Waals surface area (Å²) in [4.78, 5) is 14.8. The fourth-order valence-electron chi connectivity index (χ4n) is 3.85. The van der Waals surface area contributed by atoms with Crippen LogP contribution in [0.25, 0.3) is 10.8 Å². The molecular weight excluding hydrogens is 412 g/mol.